The Balaban J connectivity index is 1.37. The van der Waals surface area contributed by atoms with Crippen LogP contribution in [-0.2, 0) is 14.3 Å². The van der Waals surface area contributed by atoms with Crippen LogP contribution in [-0.4, -0.2) is 61.8 Å². The van der Waals surface area contributed by atoms with Crippen LogP contribution in [0.3, 0.4) is 0 Å². The molecule has 0 radical (unpaired) electrons. The number of rotatable bonds is 7. The zero-order valence-corrected chi connectivity index (χ0v) is 19.3. The third-order valence-corrected chi connectivity index (χ3v) is 6.38. The predicted molar refractivity (Wildman–Crippen MR) is 128 cm³/mol. The Bertz CT molecular complexity index is 1020. The number of ether oxygens (including phenoxy) is 2. The predicted octanol–water partition coefficient (Wildman–Crippen LogP) is 3.28. The number of methoxy groups -OCH3 is 1. The first-order valence-electron chi connectivity index (χ1n) is 11.6. The number of benzene rings is 1. The van der Waals surface area contributed by atoms with Crippen molar-refractivity contribution in [1.29, 1.82) is 0 Å². The van der Waals surface area contributed by atoms with Gasteiger partial charge in [0.2, 0.25) is 0 Å². The molecule has 7 nitrogen and oxygen atoms in total. The van der Waals surface area contributed by atoms with Gasteiger partial charge in [-0.3, -0.25) is 9.59 Å². The molecule has 0 saturated heterocycles. The summed E-state index contributed by atoms with van der Waals surface area (Å²) in [6, 6.07) is 7.98. The Morgan fingerprint density at radius 3 is 2.85 bits per heavy atom. The van der Waals surface area contributed by atoms with Crippen molar-refractivity contribution in [2.24, 2.45) is 4.99 Å². The lowest BCUT2D eigenvalue weighted by atomic mass is 9.94. The molecule has 2 aliphatic carbocycles. The molecule has 0 bridgehead atoms. The van der Waals surface area contributed by atoms with Gasteiger partial charge in [0.1, 0.15) is 5.75 Å². The SMILES string of the molecule is COc1ccccc1/C=C1\OC2C=CC(C(=O)NCCN(C)C3CCCCC3)=CC2=NC1=O. The van der Waals surface area contributed by atoms with Crippen molar-refractivity contribution in [3.05, 3.63) is 59.4 Å². The van der Waals surface area contributed by atoms with Crippen molar-refractivity contribution in [3.8, 4) is 5.75 Å². The molecule has 33 heavy (non-hydrogen) atoms. The fourth-order valence-corrected chi connectivity index (χ4v) is 4.45. The highest BCUT2D eigenvalue weighted by Crippen LogP contribution is 2.26. The molecule has 0 aromatic heterocycles. The van der Waals surface area contributed by atoms with Crippen LogP contribution in [0.4, 0.5) is 0 Å². The number of carbonyl (C=O) groups excluding carboxylic acids is 2. The molecule has 1 aromatic carbocycles. The van der Waals surface area contributed by atoms with Gasteiger partial charge in [-0.2, -0.15) is 0 Å². The molecule has 0 spiro atoms. The number of fused-ring (bicyclic) bond motifs is 1. The van der Waals surface area contributed by atoms with Crippen LogP contribution in [0.5, 0.6) is 5.75 Å². The van der Waals surface area contributed by atoms with E-state index in [0.717, 1.165) is 12.1 Å². The summed E-state index contributed by atoms with van der Waals surface area (Å²) >= 11 is 0. The zero-order valence-electron chi connectivity index (χ0n) is 19.3. The Morgan fingerprint density at radius 1 is 1.27 bits per heavy atom. The Hall–Kier alpha value is -3.19. The smallest absolute Gasteiger partial charge is 0.312 e. The summed E-state index contributed by atoms with van der Waals surface area (Å²) in [6.45, 7) is 1.39. The van der Waals surface area contributed by atoms with Crippen LogP contribution in [0, 0.1) is 0 Å². The summed E-state index contributed by atoms with van der Waals surface area (Å²) in [5.74, 6) is 0.133. The van der Waals surface area contributed by atoms with Crippen molar-refractivity contribution in [1.82, 2.24) is 10.2 Å². The van der Waals surface area contributed by atoms with Crippen molar-refractivity contribution in [3.63, 3.8) is 0 Å². The van der Waals surface area contributed by atoms with E-state index < -0.39 is 12.0 Å². The van der Waals surface area contributed by atoms with E-state index in [1.165, 1.54) is 32.1 Å². The Morgan fingerprint density at radius 2 is 2.06 bits per heavy atom. The van der Waals surface area contributed by atoms with Crippen LogP contribution in [0.15, 0.2) is 58.8 Å². The summed E-state index contributed by atoms with van der Waals surface area (Å²) in [5.41, 5.74) is 1.64. The fraction of sp³-hybridized carbons (Fsp3) is 0.423. The number of nitrogens with one attached hydrogen (secondary N) is 1. The molecule has 174 valence electrons. The van der Waals surface area contributed by atoms with E-state index in [0.29, 0.717) is 29.6 Å². The minimum absolute atomic E-state index is 0.143. The summed E-state index contributed by atoms with van der Waals surface area (Å²) in [7, 11) is 3.70. The molecule has 1 saturated carbocycles. The van der Waals surface area contributed by atoms with Crippen molar-refractivity contribution in [2.45, 2.75) is 44.2 Å². The first-order chi connectivity index (χ1) is 16.0. The van der Waals surface area contributed by atoms with Gasteiger partial charge in [-0.1, -0.05) is 37.5 Å². The van der Waals surface area contributed by atoms with Crippen LogP contribution in [0.2, 0.25) is 0 Å². The second-order valence-corrected chi connectivity index (χ2v) is 8.62. The maximum atomic E-state index is 12.6. The van der Waals surface area contributed by atoms with Gasteiger partial charge in [0.25, 0.3) is 5.91 Å². The highest BCUT2D eigenvalue weighted by molar-refractivity contribution is 6.16. The van der Waals surface area contributed by atoms with E-state index in [9.17, 15) is 9.59 Å². The molecule has 1 atom stereocenters. The highest BCUT2D eigenvalue weighted by Gasteiger charge is 2.29. The standard InChI is InChI=1S/C26H31N3O4/c1-29(20-9-4-3-5-10-20)15-14-27-25(30)19-12-13-23-21(16-19)28-26(31)24(33-23)17-18-8-6-7-11-22(18)32-2/h6-8,11-13,16-17,20,23H,3-5,9-10,14-15H2,1-2H3,(H,27,30)/b24-17-. The minimum Gasteiger partial charge on any atom is -0.496 e. The van der Waals surface area contributed by atoms with E-state index in [4.69, 9.17) is 9.47 Å². The third-order valence-electron chi connectivity index (χ3n) is 6.38. The lowest BCUT2D eigenvalue weighted by molar-refractivity contribution is -0.119. The van der Waals surface area contributed by atoms with Gasteiger partial charge >= 0.3 is 5.91 Å². The number of nitrogens with zero attached hydrogens (tertiary/aromatic N) is 2. The Kier molecular flexibility index (Phi) is 7.40. The molecule has 1 aliphatic heterocycles. The molecule has 3 aliphatic rings. The highest BCUT2D eigenvalue weighted by atomic mass is 16.5. The lowest BCUT2D eigenvalue weighted by Crippen LogP contribution is -2.40. The van der Waals surface area contributed by atoms with Gasteiger partial charge in [-0.15, -0.1) is 0 Å². The number of carbonyl (C=O) groups is 2. The first kappa shape index (κ1) is 23.0. The molecule has 1 N–H and O–H groups in total. The van der Waals surface area contributed by atoms with Crippen LogP contribution in [0.25, 0.3) is 6.08 Å². The normalized spacial score (nSPS) is 21.8. The summed E-state index contributed by atoms with van der Waals surface area (Å²) in [5, 5.41) is 2.98. The molecular weight excluding hydrogens is 418 g/mol. The minimum atomic E-state index is -0.502. The fourth-order valence-electron chi connectivity index (χ4n) is 4.45. The molecule has 2 amide bonds. The van der Waals surface area contributed by atoms with Crippen LogP contribution < -0.4 is 10.1 Å². The molecule has 1 unspecified atom stereocenters. The number of amides is 2. The van der Waals surface area contributed by atoms with Crippen LogP contribution >= 0.6 is 0 Å². The average molecular weight is 450 g/mol. The van der Waals surface area contributed by atoms with Crippen molar-refractivity contribution >= 4 is 23.6 Å². The summed E-state index contributed by atoms with van der Waals surface area (Å²) in [4.78, 5) is 31.7. The Labute approximate surface area is 194 Å². The number of para-hydroxylation sites is 1. The molecule has 1 aromatic rings. The van der Waals surface area contributed by atoms with Crippen molar-refractivity contribution in [2.75, 3.05) is 27.2 Å². The van der Waals surface area contributed by atoms with Gasteiger partial charge in [0, 0.05) is 30.3 Å². The van der Waals surface area contributed by atoms with Gasteiger partial charge < -0.3 is 19.7 Å². The number of likely N-dealkylation sites (N-methyl/N-ethyl adjacent to an activating group) is 1. The second-order valence-electron chi connectivity index (χ2n) is 8.62. The van der Waals surface area contributed by atoms with E-state index in [1.807, 2.05) is 24.3 Å². The molecule has 4 rings (SSSR count). The van der Waals surface area contributed by atoms with Gasteiger partial charge in [0.15, 0.2) is 11.9 Å². The first-order valence-corrected chi connectivity index (χ1v) is 11.6. The van der Waals surface area contributed by atoms with Gasteiger partial charge in [0.05, 0.1) is 12.8 Å². The molecule has 7 heteroatoms. The zero-order chi connectivity index (χ0) is 23.2. The van der Waals surface area contributed by atoms with Crippen LogP contribution in [0.1, 0.15) is 37.7 Å². The van der Waals surface area contributed by atoms with E-state index in [2.05, 4.69) is 22.3 Å². The van der Waals surface area contributed by atoms with E-state index in [-0.39, 0.29) is 11.7 Å². The monoisotopic (exact) mass is 449 g/mol. The van der Waals surface area contributed by atoms with E-state index in [1.54, 1.807) is 31.4 Å². The van der Waals surface area contributed by atoms with Crippen molar-refractivity contribution < 1.29 is 19.1 Å². The van der Waals surface area contributed by atoms with E-state index >= 15 is 0 Å². The maximum absolute atomic E-state index is 12.6. The lowest BCUT2D eigenvalue weighted by Gasteiger charge is -2.31. The molecular formula is C26H31N3O4. The van der Waals surface area contributed by atoms with Gasteiger partial charge in [-0.25, -0.2) is 4.99 Å². The average Bonchev–Trinajstić information content (AvgIpc) is 2.85. The molecule has 1 heterocycles. The third kappa shape index (κ3) is 5.60. The molecule has 1 fully saturated rings. The summed E-state index contributed by atoms with van der Waals surface area (Å²) < 4.78 is 11.2. The topological polar surface area (TPSA) is 80.2 Å². The maximum Gasteiger partial charge on any atom is 0.312 e. The largest absolute Gasteiger partial charge is 0.496 e. The second kappa shape index (κ2) is 10.6. The number of hydrogen-bond acceptors (Lipinski definition) is 5. The number of hydrogen-bond donors (Lipinski definition) is 1. The summed E-state index contributed by atoms with van der Waals surface area (Å²) in [6.07, 6.45) is 12.6. The quantitative estimate of drug-likeness (QED) is 0.647. The van der Waals surface area contributed by atoms with Gasteiger partial charge in [-0.05, 0) is 50.3 Å². The number of aliphatic imine (C=N–C) groups is 1.